The Labute approximate surface area is 136 Å². The molecule has 2 heterocycles. The lowest BCUT2D eigenvalue weighted by molar-refractivity contribution is 1.10. The normalized spacial score (nSPS) is 12.1. The molecule has 0 saturated carbocycles. The van der Waals surface area contributed by atoms with Crippen LogP contribution in [0, 0.1) is 0 Å². The van der Waals surface area contributed by atoms with Gasteiger partial charge in [-0.1, -0.05) is 49.1 Å². The fourth-order valence-corrected chi connectivity index (χ4v) is 2.53. The summed E-state index contributed by atoms with van der Waals surface area (Å²) >= 11 is 0. The van der Waals surface area contributed by atoms with Gasteiger partial charge in [0.05, 0.1) is 0 Å². The Bertz CT molecular complexity index is 907. The Balaban J connectivity index is 2.39. The smallest absolute Gasteiger partial charge is 0.167 e. The SMILES string of the molecule is Bc1ncnc2c1nc(-c1ccccc1)n2C(/C=C\C)=C/C=C. The summed E-state index contributed by atoms with van der Waals surface area (Å²) in [7, 11) is 1.95. The van der Waals surface area contributed by atoms with Crippen molar-refractivity contribution in [2.24, 2.45) is 0 Å². The van der Waals surface area contributed by atoms with Gasteiger partial charge in [-0.05, 0) is 19.1 Å². The van der Waals surface area contributed by atoms with Crippen LogP contribution in [0.1, 0.15) is 6.92 Å². The van der Waals surface area contributed by atoms with Crippen molar-refractivity contribution in [1.82, 2.24) is 19.5 Å². The Morgan fingerprint density at radius 2 is 2.00 bits per heavy atom. The number of aromatic nitrogens is 4. The van der Waals surface area contributed by atoms with Gasteiger partial charge in [0.2, 0.25) is 0 Å². The first-order valence-corrected chi connectivity index (χ1v) is 7.47. The Hall–Kier alpha value is -2.95. The van der Waals surface area contributed by atoms with Crippen LogP contribution in [0.4, 0.5) is 0 Å². The minimum atomic E-state index is 0.794. The first-order chi connectivity index (χ1) is 11.3. The number of allylic oxidation sites excluding steroid dienone is 5. The van der Waals surface area contributed by atoms with Crippen LogP contribution >= 0.6 is 0 Å². The average Bonchev–Trinajstić information content (AvgIpc) is 2.96. The van der Waals surface area contributed by atoms with Gasteiger partial charge in [-0.25, -0.2) is 15.0 Å². The quantitative estimate of drug-likeness (QED) is 0.549. The van der Waals surface area contributed by atoms with Gasteiger partial charge < -0.3 is 0 Å². The fraction of sp³-hybridized carbons (Fsp3) is 0.0556. The van der Waals surface area contributed by atoms with E-state index in [0.717, 1.165) is 33.8 Å². The van der Waals surface area contributed by atoms with Gasteiger partial charge in [-0.15, -0.1) is 0 Å². The molecular formula is C18H17BN4. The zero-order chi connectivity index (χ0) is 16.2. The van der Waals surface area contributed by atoms with Crippen molar-refractivity contribution >= 4 is 30.3 Å². The van der Waals surface area contributed by atoms with Gasteiger partial charge in [0, 0.05) is 16.9 Å². The number of nitrogens with zero attached hydrogens (tertiary/aromatic N) is 4. The molecule has 0 aliphatic heterocycles. The second-order valence-electron chi connectivity index (χ2n) is 5.10. The van der Waals surface area contributed by atoms with Crippen LogP contribution in [-0.2, 0) is 0 Å². The van der Waals surface area contributed by atoms with E-state index in [2.05, 4.69) is 16.5 Å². The molecule has 0 radical (unpaired) electrons. The lowest BCUT2D eigenvalue weighted by Crippen LogP contribution is -2.10. The van der Waals surface area contributed by atoms with E-state index in [0.29, 0.717) is 0 Å². The lowest BCUT2D eigenvalue weighted by Gasteiger charge is -2.09. The predicted molar refractivity (Wildman–Crippen MR) is 98.2 cm³/mol. The maximum Gasteiger partial charge on any atom is 0.167 e. The zero-order valence-electron chi connectivity index (χ0n) is 13.3. The molecule has 0 saturated heterocycles. The third-order valence-corrected chi connectivity index (χ3v) is 3.54. The molecule has 3 aromatic rings. The van der Waals surface area contributed by atoms with Crippen LogP contribution in [0.5, 0.6) is 0 Å². The zero-order valence-corrected chi connectivity index (χ0v) is 13.3. The summed E-state index contributed by atoms with van der Waals surface area (Å²) in [6, 6.07) is 10.1. The summed E-state index contributed by atoms with van der Waals surface area (Å²) < 4.78 is 2.04. The Morgan fingerprint density at radius 3 is 2.70 bits per heavy atom. The first-order valence-electron chi connectivity index (χ1n) is 7.47. The molecule has 0 spiro atoms. The summed E-state index contributed by atoms with van der Waals surface area (Å²) in [6.07, 6.45) is 9.30. The van der Waals surface area contributed by atoms with Crippen molar-refractivity contribution < 1.29 is 0 Å². The summed E-state index contributed by atoms with van der Waals surface area (Å²) in [4.78, 5) is 13.5. The summed E-state index contributed by atoms with van der Waals surface area (Å²) in [5.41, 5.74) is 4.46. The van der Waals surface area contributed by atoms with Crippen LogP contribution in [0.2, 0.25) is 0 Å². The second-order valence-corrected chi connectivity index (χ2v) is 5.10. The first kappa shape index (κ1) is 15.0. The van der Waals surface area contributed by atoms with E-state index in [1.54, 1.807) is 12.4 Å². The van der Waals surface area contributed by atoms with E-state index in [1.807, 2.05) is 67.9 Å². The monoisotopic (exact) mass is 300 g/mol. The second kappa shape index (κ2) is 6.44. The minimum absolute atomic E-state index is 0.794. The van der Waals surface area contributed by atoms with Crippen molar-refractivity contribution in [3.05, 3.63) is 67.5 Å². The third-order valence-electron chi connectivity index (χ3n) is 3.54. The molecule has 0 atom stereocenters. The molecule has 112 valence electrons. The van der Waals surface area contributed by atoms with E-state index in [-0.39, 0.29) is 0 Å². The fourth-order valence-electron chi connectivity index (χ4n) is 2.53. The number of hydrogen-bond donors (Lipinski definition) is 0. The van der Waals surface area contributed by atoms with Crippen LogP contribution in [0.3, 0.4) is 0 Å². The Kier molecular flexibility index (Phi) is 4.19. The molecule has 0 amide bonds. The number of hydrogen-bond acceptors (Lipinski definition) is 3. The van der Waals surface area contributed by atoms with Gasteiger partial charge in [0.1, 0.15) is 17.7 Å². The van der Waals surface area contributed by atoms with Crippen molar-refractivity contribution in [2.75, 3.05) is 0 Å². The van der Waals surface area contributed by atoms with E-state index >= 15 is 0 Å². The molecule has 0 bridgehead atoms. The third kappa shape index (κ3) is 2.73. The largest absolute Gasteiger partial charge is 0.277 e. The number of benzene rings is 1. The van der Waals surface area contributed by atoms with Gasteiger partial charge >= 0.3 is 0 Å². The van der Waals surface area contributed by atoms with Crippen molar-refractivity contribution in [1.29, 1.82) is 0 Å². The highest BCUT2D eigenvalue weighted by Gasteiger charge is 2.16. The van der Waals surface area contributed by atoms with Crippen molar-refractivity contribution in [3.63, 3.8) is 0 Å². The van der Waals surface area contributed by atoms with Gasteiger partial charge in [0.15, 0.2) is 13.5 Å². The predicted octanol–water partition coefficient (Wildman–Crippen LogP) is 2.35. The van der Waals surface area contributed by atoms with Crippen LogP contribution in [0.15, 0.2) is 67.5 Å². The molecule has 2 aromatic heterocycles. The van der Waals surface area contributed by atoms with E-state index in [4.69, 9.17) is 4.98 Å². The summed E-state index contributed by atoms with van der Waals surface area (Å²) in [5, 5.41) is 0. The lowest BCUT2D eigenvalue weighted by atomic mass is 10.0. The summed E-state index contributed by atoms with van der Waals surface area (Å²) in [5.74, 6) is 0.843. The van der Waals surface area contributed by atoms with Crippen LogP contribution < -0.4 is 5.59 Å². The van der Waals surface area contributed by atoms with Crippen LogP contribution in [-0.4, -0.2) is 27.4 Å². The molecule has 0 fully saturated rings. The molecule has 0 unspecified atom stereocenters. The standard InChI is InChI=1S/C18H17BN4/c1-3-8-14(9-4-2)23-17(13-10-6-5-7-11-13)22-15-16(19)20-12-21-18(15)23/h3-12H,1,19H2,2H3/b9-4-,14-8+. The van der Waals surface area contributed by atoms with Gasteiger partial charge in [0.25, 0.3) is 0 Å². The molecule has 0 N–H and O–H groups in total. The molecule has 4 nitrogen and oxygen atoms in total. The van der Waals surface area contributed by atoms with Crippen molar-refractivity contribution in [2.45, 2.75) is 6.92 Å². The average molecular weight is 300 g/mol. The molecule has 1 aromatic carbocycles. The van der Waals surface area contributed by atoms with Gasteiger partial charge in [-0.2, -0.15) is 0 Å². The number of fused-ring (bicyclic) bond motifs is 1. The van der Waals surface area contributed by atoms with E-state index in [9.17, 15) is 0 Å². The van der Waals surface area contributed by atoms with Crippen molar-refractivity contribution in [3.8, 4) is 11.4 Å². The molecule has 23 heavy (non-hydrogen) atoms. The minimum Gasteiger partial charge on any atom is -0.277 e. The maximum absolute atomic E-state index is 4.80. The topological polar surface area (TPSA) is 43.6 Å². The highest BCUT2D eigenvalue weighted by atomic mass is 15.1. The highest BCUT2D eigenvalue weighted by molar-refractivity contribution is 6.36. The molecule has 5 heteroatoms. The van der Waals surface area contributed by atoms with Gasteiger partial charge in [-0.3, -0.25) is 4.57 Å². The Morgan fingerprint density at radius 1 is 1.22 bits per heavy atom. The van der Waals surface area contributed by atoms with E-state index in [1.165, 1.54) is 0 Å². The summed E-state index contributed by atoms with van der Waals surface area (Å²) in [6.45, 7) is 5.80. The molecule has 3 rings (SSSR count). The maximum atomic E-state index is 4.80. The number of rotatable bonds is 4. The molecule has 0 aliphatic carbocycles. The highest BCUT2D eigenvalue weighted by Crippen LogP contribution is 2.26. The van der Waals surface area contributed by atoms with Crippen LogP contribution in [0.25, 0.3) is 28.2 Å². The number of imidazole rings is 1. The molecular weight excluding hydrogens is 283 g/mol. The van der Waals surface area contributed by atoms with E-state index < -0.39 is 0 Å². The molecule has 0 aliphatic rings.